The zero-order valence-electron chi connectivity index (χ0n) is 11.8. The van der Waals surface area contributed by atoms with Crippen LogP contribution in [0.3, 0.4) is 0 Å². The van der Waals surface area contributed by atoms with Crippen LogP contribution in [0.15, 0.2) is 24.3 Å². The number of nitrogens with two attached hydrogens (primary N) is 1. The molecule has 1 fully saturated rings. The third kappa shape index (κ3) is 3.91. The smallest absolute Gasteiger partial charge is 0.387 e. The molecule has 0 aromatic heterocycles. The van der Waals surface area contributed by atoms with Gasteiger partial charge < -0.3 is 15.4 Å². The summed E-state index contributed by atoms with van der Waals surface area (Å²) in [6.45, 7) is -1.91. The molecule has 2 N–H and O–H groups in total. The van der Waals surface area contributed by atoms with Crippen LogP contribution in [0.4, 0.5) is 8.78 Å². The van der Waals surface area contributed by atoms with Crippen LogP contribution < -0.4 is 10.5 Å². The summed E-state index contributed by atoms with van der Waals surface area (Å²) in [4.78, 5) is 14.4. The highest BCUT2D eigenvalue weighted by Crippen LogP contribution is 2.29. The Hall–Kier alpha value is -1.69. The molecule has 0 saturated heterocycles. The number of alkyl halides is 2. The highest BCUT2D eigenvalue weighted by molar-refractivity contribution is 5.97. The lowest BCUT2D eigenvalue weighted by atomic mass is 9.90. The van der Waals surface area contributed by atoms with E-state index in [1.54, 1.807) is 17.0 Å². The quantitative estimate of drug-likeness (QED) is 0.842. The third-order valence-corrected chi connectivity index (χ3v) is 3.71. The zero-order chi connectivity index (χ0) is 15.2. The molecular formula is C15H20F2N2O2. The third-order valence-electron chi connectivity index (χ3n) is 3.71. The fourth-order valence-corrected chi connectivity index (χ4v) is 2.41. The second-order valence-corrected chi connectivity index (χ2v) is 5.10. The van der Waals surface area contributed by atoms with Crippen LogP contribution in [0.1, 0.15) is 36.0 Å². The van der Waals surface area contributed by atoms with Crippen molar-refractivity contribution in [1.82, 2.24) is 4.90 Å². The second-order valence-electron chi connectivity index (χ2n) is 5.10. The van der Waals surface area contributed by atoms with Crippen molar-refractivity contribution < 1.29 is 18.3 Å². The highest BCUT2D eigenvalue weighted by Gasteiger charge is 2.30. The molecule has 0 aliphatic heterocycles. The fourth-order valence-electron chi connectivity index (χ4n) is 2.41. The fraction of sp³-hybridized carbons (Fsp3) is 0.533. The van der Waals surface area contributed by atoms with E-state index < -0.39 is 6.61 Å². The van der Waals surface area contributed by atoms with Crippen LogP contribution in [0.5, 0.6) is 5.75 Å². The first-order valence-electron chi connectivity index (χ1n) is 7.18. The molecule has 21 heavy (non-hydrogen) atoms. The average molecular weight is 298 g/mol. The van der Waals surface area contributed by atoms with Crippen LogP contribution in [-0.2, 0) is 0 Å². The predicted molar refractivity (Wildman–Crippen MR) is 75.4 cm³/mol. The summed E-state index contributed by atoms with van der Waals surface area (Å²) in [6.07, 6.45) is 3.69. The molecule has 6 heteroatoms. The molecule has 1 aliphatic carbocycles. The van der Waals surface area contributed by atoms with Crippen LogP contribution in [0.25, 0.3) is 0 Å². The van der Waals surface area contributed by atoms with E-state index in [-0.39, 0.29) is 23.3 Å². The van der Waals surface area contributed by atoms with Crippen molar-refractivity contribution in [3.63, 3.8) is 0 Å². The molecule has 2 rings (SSSR count). The van der Waals surface area contributed by atoms with Gasteiger partial charge in [0.05, 0.1) is 5.56 Å². The molecule has 1 saturated carbocycles. The van der Waals surface area contributed by atoms with Crippen LogP contribution in [-0.4, -0.2) is 36.5 Å². The minimum absolute atomic E-state index is 0.0745. The van der Waals surface area contributed by atoms with Crippen molar-refractivity contribution in [2.75, 3.05) is 13.1 Å². The van der Waals surface area contributed by atoms with E-state index >= 15 is 0 Å². The lowest BCUT2D eigenvalue weighted by Gasteiger charge is -2.38. The number of carbonyl (C=O) groups is 1. The number of carbonyl (C=O) groups excluding carboxylic acids is 1. The Morgan fingerprint density at radius 1 is 1.38 bits per heavy atom. The summed E-state index contributed by atoms with van der Waals surface area (Å²) in [5, 5.41) is 0. The Morgan fingerprint density at radius 2 is 2.10 bits per heavy atom. The van der Waals surface area contributed by atoms with Crippen LogP contribution in [0, 0.1) is 0 Å². The number of halogens is 2. The van der Waals surface area contributed by atoms with Gasteiger partial charge in [-0.3, -0.25) is 4.79 Å². The number of amides is 1. The number of hydrogen-bond donors (Lipinski definition) is 1. The lowest BCUT2D eigenvalue weighted by Crippen LogP contribution is -2.45. The first kappa shape index (κ1) is 15.7. The van der Waals surface area contributed by atoms with Gasteiger partial charge in [0.15, 0.2) is 0 Å². The molecular weight excluding hydrogens is 278 g/mol. The van der Waals surface area contributed by atoms with Crippen molar-refractivity contribution in [3.8, 4) is 5.75 Å². The minimum Gasteiger partial charge on any atom is -0.434 e. The molecule has 1 amide bonds. The molecule has 4 nitrogen and oxygen atoms in total. The maximum Gasteiger partial charge on any atom is 0.387 e. The zero-order valence-corrected chi connectivity index (χ0v) is 11.8. The molecule has 0 atom stereocenters. The summed E-state index contributed by atoms with van der Waals surface area (Å²) in [7, 11) is 0. The number of benzene rings is 1. The normalized spacial score (nSPS) is 14.9. The molecule has 1 aromatic carbocycles. The number of nitrogens with zero attached hydrogens (tertiary/aromatic N) is 1. The van der Waals surface area contributed by atoms with Crippen molar-refractivity contribution in [2.24, 2.45) is 5.73 Å². The predicted octanol–water partition coefficient (Wildman–Crippen LogP) is 2.63. The standard InChI is InChI=1S/C15H20F2N2O2/c16-15(17)21-13-8-2-1-7-12(13)14(20)19(10-4-9-18)11-5-3-6-11/h1-2,7-8,11,15H,3-6,9-10,18H2. The van der Waals surface area contributed by atoms with E-state index in [1.165, 1.54) is 12.1 Å². The van der Waals surface area contributed by atoms with Crippen molar-refractivity contribution in [1.29, 1.82) is 0 Å². The first-order chi connectivity index (χ1) is 10.1. The van der Waals surface area contributed by atoms with E-state index in [1.807, 2.05) is 0 Å². The van der Waals surface area contributed by atoms with E-state index in [2.05, 4.69) is 4.74 Å². The molecule has 0 heterocycles. The molecule has 1 aliphatic rings. The van der Waals surface area contributed by atoms with Gasteiger partial charge in [0.1, 0.15) is 5.75 Å². The Bertz CT molecular complexity index is 478. The molecule has 0 unspecified atom stereocenters. The Labute approximate surface area is 122 Å². The van der Waals surface area contributed by atoms with Gasteiger partial charge in [-0.15, -0.1) is 0 Å². The largest absolute Gasteiger partial charge is 0.434 e. The van der Waals surface area contributed by atoms with Gasteiger partial charge in [0.25, 0.3) is 5.91 Å². The molecule has 0 bridgehead atoms. The van der Waals surface area contributed by atoms with Crippen molar-refractivity contribution >= 4 is 5.91 Å². The van der Waals surface area contributed by atoms with Gasteiger partial charge in [-0.25, -0.2) is 0 Å². The van der Waals surface area contributed by atoms with E-state index in [0.717, 1.165) is 19.3 Å². The number of para-hydroxylation sites is 1. The number of ether oxygens (including phenoxy) is 1. The van der Waals surface area contributed by atoms with Crippen LogP contribution in [0.2, 0.25) is 0 Å². The maximum absolute atomic E-state index is 12.6. The van der Waals surface area contributed by atoms with Crippen LogP contribution >= 0.6 is 0 Å². The van der Waals surface area contributed by atoms with Gasteiger partial charge in [0.2, 0.25) is 0 Å². The molecule has 1 aromatic rings. The molecule has 0 spiro atoms. The van der Waals surface area contributed by atoms with Crippen molar-refractivity contribution in [2.45, 2.75) is 38.3 Å². The Kier molecular flexibility index (Phi) is 5.50. The number of hydrogen-bond acceptors (Lipinski definition) is 3. The Morgan fingerprint density at radius 3 is 2.67 bits per heavy atom. The second kappa shape index (κ2) is 7.36. The van der Waals surface area contributed by atoms with Gasteiger partial charge in [-0.05, 0) is 44.4 Å². The van der Waals surface area contributed by atoms with Gasteiger partial charge in [-0.1, -0.05) is 12.1 Å². The lowest BCUT2D eigenvalue weighted by molar-refractivity contribution is -0.0503. The van der Waals surface area contributed by atoms with Gasteiger partial charge in [-0.2, -0.15) is 8.78 Å². The summed E-state index contributed by atoms with van der Waals surface area (Å²) in [6, 6.07) is 6.31. The molecule has 0 radical (unpaired) electrons. The van der Waals surface area contributed by atoms with Gasteiger partial charge in [0, 0.05) is 12.6 Å². The minimum atomic E-state index is -2.94. The summed E-state index contributed by atoms with van der Waals surface area (Å²) < 4.78 is 29.3. The summed E-state index contributed by atoms with van der Waals surface area (Å²) in [5.74, 6) is -0.334. The first-order valence-corrected chi connectivity index (χ1v) is 7.18. The molecule has 116 valence electrons. The monoisotopic (exact) mass is 298 g/mol. The number of rotatable bonds is 7. The topological polar surface area (TPSA) is 55.6 Å². The van der Waals surface area contributed by atoms with E-state index in [9.17, 15) is 13.6 Å². The Balaban J connectivity index is 2.19. The highest BCUT2D eigenvalue weighted by atomic mass is 19.3. The summed E-state index contributed by atoms with van der Waals surface area (Å²) >= 11 is 0. The van der Waals surface area contributed by atoms with Gasteiger partial charge >= 0.3 is 6.61 Å². The summed E-state index contributed by atoms with van der Waals surface area (Å²) in [5.41, 5.74) is 5.69. The maximum atomic E-state index is 12.6. The van der Waals surface area contributed by atoms with E-state index in [4.69, 9.17) is 5.73 Å². The van der Waals surface area contributed by atoms with Crippen molar-refractivity contribution in [3.05, 3.63) is 29.8 Å². The average Bonchev–Trinajstić information content (AvgIpc) is 2.40. The van der Waals surface area contributed by atoms with E-state index in [0.29, 0.717) is 19.5 Å². The SMILES string of the molecule is NCCCN(C(=O)c1ccccc1OC(F)F)C1CCC1.